The van der Waals surface area contributed by atoms with Gasteiger partial charge in [-0.05, 0) is 25.8 Å². The van der Waals surface area contributed by atoms with E-state index < -0.39 is 22.8 Å². The lowest BCUT2D eigenvalue weighted by atomic mass is 10.1. The molecule has 1 heterocycles. The van der Waals surface area contributed by atoms with Crippen LogP contribution in [-0.4, -0.2) is 28.3 Å². The van der Waals surface area contributed by atoms with Crippen molar-refractivity contribution in [1.82, 2.24) is 4.57 Å². The van der Waals surface area contributed by atoms with E-state index in [2.05, 4.69) is 0 Å². The van der Waals surface area contributed by atoms with Crippen LogP contribution in [0.5, 0.6) is 5.75 Å². The average Bonchev–Trinajstić information content (AvgIpc) is 3.32. The van der Waals surface area contributed by atoms with Crippen molar-refractivity contribution in [3.05, 3.63) is 38.9 Å². The zero-order valence-corrected chi connectivity index (χ0v) is 13.6. The number of carboxylic acid groups (broad SMARTS) is 1. The zero-order valence-electron chi connectivity index (χ0n) is 12.9. The van der Waals surface area contributed by atoms with Gasteiger partial charge in [-0.25, -0.2) is 9.18 Å². The molecule has 24 heavy (non-hydrogen) atoms. The van der Waals surface area contributed by atoms with Crippen LogP contribution in [0.15, 0.2) is 17.1 Å². The highest BCUT2D eigenvalue weighted by atomic mass is 35.5. The van der Waals surface area contributed by atoms with Crippen LogP contribution < -0.4 is 15.9 Å². The first kappa shape index (κ1) is 16.7. The highest BCUT2D eigenvalue weighted by Crippen LogP contribution is 2.41. The minimum atomic E-state index is -1.36. The minimum Gasteiger partial charge on any atom is -0.487 e. The van der Waals surface area contributed by atoms with E-state index in [1.165, 1.54) is 6.20 Å². The Bertz CT molecular complexity index is 890. The van der Waals surface area contributed by atoms with Crippen LogP contribution in [0.4, 0.5) is 4.39 Å². The Morgan fingerprint density at radius 3 is 2.79 bits per heavy atom. The van der Waals surface area contributed by atoms with Gasteiger partial charge in [0.1, 0.15) is 17.2 Å². The third kappa shape index (κ3) is 2.85. The fraction of sp³-hybridized carbons (Fsp3) is 0.375. The summed E-state index contributed by atoms with van der Waals surface area (Å²) in [6, 6.07) is 0.692. The second-order valence-electron chi connectivity index (χ2n) is 6.00. The lowest BCUT2D eigenvalue weighted by molar-refractivity contribution is 0.0695. The lowest BCUT2D eigenvalue weighted by Gasteiger charge is -2.17. The number of aromatic nitrogens is 1. The number of carbonyl (C=O) groups is 1. The predicted molar refractivity (Wildman–Crippen MR) is 87.6 cm³/mol. The Morgan fingerprint density at radius 2 is 2.25 bits per heavy atom. The third-order valence-corrected chi connectivity index (χ3v) is 4.18. The normalized spacial score (nSPS) is 15.5. The van der Waals surface area contributed by atoms with Gasteiger partial charge in [-0.2, -0.15) is 0 Å². The Balaban J connectivity index is 2.30. The van der Waals surface area contributed by atoms with Crippen LogP contribution in [0.1, 0.15) is 36.2 Å². The molecule has 1 aromatic carbocycles. The largest absolute Gasteiger partial charge is 0.487 e. The summed E-state index contributed by atoms with van der Waals surface area (Å²) in [5, 5.41) is 9.09. The molecule has 128 valence electrons. The number of nitrogens with two attached hydrogens (primary N) is 1. The van der Waals surface area contributed by atoms with E-state index in [0.717, 1.165) is 18.9 Å². The molecule has 8 heteroatoms. The van der Waals surface area contributed by atoms with Gasteiger partial charge < -0.3 is 20.1 Å². The van der Waals surface area contributed by atoms with Crippen molar-refractivity contribution in [1.29, 1.82) is 0 Å². The van der Waals surface area contributed by atoms with E-state index in [1.54, 1.807) is 11.5 Å². The molecule has 0 saturated heterocycles. The van der Waals surface area contributed by atoms with Gasteiger partial charge in [0, 0.05) is 18.3 Å². The summed E-state index contributed by atoms with van der Waals surface area (Å²) >= 11 is 6.30. The molecule has 1 atom stereocenters. The first-order chi connectivity index (χ1) is 11.3. The molecule has 0 spiro atoms. The molecular formula is C16H16ClFN2O4. The van der Waals surface area contributed by atoms with Gasteiger partial charge in [0.2, 0.25) is 5.43 Å². The van der Waals surface area contributed by atoms with Gasteiger partial charge in [0.15, 0.2) is 11.6 Å². The summed E-state index contributed by atoms with van der Waals surface area (Å²) in [6.45, 7) is 1.76. The molecule has 3 N–H and O–H groups in total. The fourth-order valence-electron chi connectivity index (χ4n) is 2.56. The fourth-order valence-corrected chi connectivity index (χ4v) is 2.91. The number of rotatable bonds is 5. The minimum absolute atomic E-state index is 0.0374. The van der Waals surface area contributed by atoms with Crippen molar-refractivity contribution < 1.29 is 19.0 Å². The zero-order chi connectivity index (χ0) is 17.6. The first-order valence-corrected chi connectivity index (χ1v) is 7.87. The van der Waals surface area contributed by atoms with Crippen LogP contribution in [0, 0.1) is 5.82 Å². The first-order valence-electron chi connectivity index (χ1n) is 7.49. The number of benzene rings is 1. The van der Waals surface area contributed by atoms with Gasteiger partial charge in [0.05, 0.1) is 10.9 Å². The summed E-state index contributed by atoms with van der Waals surface area (Å²) in [6.07, 6.45) is 2.94. The van der Waals surface area contributed by atoms with E-state index in [9.17, 15) is 19.1 Å². The number of aromatic carboxylic acids is 1. The number of hydrogen-bond acceptors (Lipinski definition) is 4. The SMILES string of the molecule is C[C@@H](N)COc1c(F)cc2c(=O)c(C(=O)O)cn(C3CC3)c2c1Cl. The van der Waals surface area contributed by atoms with E-state index in [4.69, 9.17) is 22.1 Å². The molecule has 0 radical (unpaired) electrons. The number of pyridine rings is 1. The van der Waals surface area contributed by atoms with Gasteiger partial charge in [0.25, 0.3) is 0 Å². The molecule has 3 rings (SSSR count). The van der Waals surface area contributed by atoms with Gasteiger partial charge in [-0.3, -0.25) is 4.79 Å². The molecule has 1 fully saturated rings. The van der Waals surface area contributed by atoms with Crippen molar-refractivity contribution in [3.8, 4) is 5.75 Å². The summed E-state index contributed by atoms with van der Waals surface area (Å²) in [5.41, 5.74) is 4.72. The smallest absolute Gasteiger partial charge is 0.341 e. The van der Waals surface area contributed by atoms with Crippen LogP contribution in [-0.2, 0) is 0 Å². The van der Waals surface area contributed by atoms with Crippen molar-refractivity contribution in [2.24, 2.45) is 5.73 Å². The third-order valence-electron chi connectivity index (χ3n) is 3.83. The number of hydrogen-bond donors (Lipinski definition) is 2. The number of nitrogens with zero attached hydrogens (tertiary/aromatic N) is 1. The maximum atomic E-state index is 14.3. The van der Waals surface area contributed by atoms with Crippen LogP contribution >= 0.6 is 11.6 Å². The summed E-state index contributed by atoms with van der Waals surface area (Å²) in [4.78, 5) is 23.7. The summed E-state index contributed by atoms with van der Waals surface area (Å²) in [5.74, 6) is -2.36. The highest BCUT2D eigenvalue weighted by molar-refractivity contribution is 6.36. The molecule has 1 aliphatic rings. The van der Waals surface area contributed by atoms with E-state index in [1.807, 2.05) is 0 Å². The Hall–Kier alpha value is -2.12. The molecule has 1 saturated carbocycles. The standard InChI is InChI=1S/C16H16ClFN2O4/c1-7(19)6-24-15-11(18)4-9-13(12(15)17)20(8-2-3-8)5-10(14(9)21)16(22)23/h4-5,7-8H,2-3,6,19H2,1H3,(H,22,23)/t7-/m1/s1. The lowest BCUT2D eigenvalue weighted by Crippen LogP contribution is -2.24. The average molecular weight is 355 g/mol. The van der Waals surface area contributed by atoms with E-state index in [-0.39, 0.29) is 40.4 Å². The molecule has 0 aliphatic heterocycles. The molecule has 6 nitrogen and oxygen atoms in total. The second-order valence-corrected chi connectivity index (χ2v) is 6.38. The number of fused-ring (bicyclic) bond motifs is 1. The van der Waals surface area contributed by atoms with Crippen molar-refractivity contribution in [2.45, 2.75) is 31.8 Å². The molecular weight excluding hydrogens is 339 g/mol. The van der Waals surface area contributed by atoms with Crippen molar-refractivity contribution >= 4 is 28.5 Å². The maximum absolute atomic E-state index is 14.3. The van der Waals surface area contributed by atoms with E-state index in [0.29, 0.717) is 0 Å². The van der Waals surface area contributed by atoms with Crippen LogP contribution in [0.25, 0.3) is 10.9 Å². The maximum Gasteiger partial charge on any atom is 0.341 e. The van der Waals surface area contributed by atoms with Crippen molar-refractivity contribution in [3.63, 3.8) is 0 Å². The number of ether oxygens (including phenoxy) is 1. The Labute approximate surface area is 141 Å². The van der Waals surface area contributed by atoms with E-state index >= 15 is 0 Å². The predicted octanol–water partition coefficient (Wildman–Crippen LogP) is 2.55. The number of carboxylic acids is 1. The van der Waals surface area contributed by atoms with Gasteiger partial charge in [-0.1, -0.05) is 11.6 Å². The van der Waals surface area contributed by atoms with Crippen LogP contribution in [0.3, 0.4) is 0 Å². The summed E-state index contributed by atoms with van der Waals surface area (Å²) in [7, 11) is 0. The molecule has 0 bridgehead atoms. The monoisotopic (exact) mass is 354 g/mol. The van der Waals surface area contributed by atoms with Crippen LogP contribution in [0.2, 0.25) is 5.02 Å². The quantitative estimate of drug-likeness (QED) is 0.860. The summed E-state index contributed by atoms with van der Waals surface area (Å²) < 4.78 is 21.3. The molecule has 1 aromatic heterocycles. The van der Waals surface area contributed by atoms with Gasteiger partial charge in [-0.15, -0.1) is 0 Å². The Kier molecular flexibility index (Phi) is 4.23. The topological polar surface area (TPSA) is 94.6 Å². The Morgan fingerprint density at radius 1 is 1.58 bits per heavy atom. The highest BCUT2D eigenvalue weighted by Gasteiger charge is 2.29. The van der Waals surface area contributed by atoms with Gasteiger partial charge >= 0.3 is 5.97 Å². The molecule has 1 aliphatic carbocycles. The van der Waals surface area contributed by atoms with Crippen molar-refractivity contribution in [2.75, 3.05) is 6.61 Å². The molecule has 0 unspecified atom stereocenters. The second kappa shape index (κ2) is 6.07. The number of halogens is 2. The molecule has 2 aromatic rings. The molecule has 0 amide bonds.